The molecule has 27 heavy (non-hydrogen) atoms. The van der Waals surface area contributed by atoms with Gasteiger partial charge in [-0.15, -0.1) is 0 Å². The molecule has 152 valence electrons. The summed E-state index contributed by atoms with van der Waals surface area (Å²) >= 11 is 0. The van der Waals surface area contributed by atoms with E-state index in [4.69, 9.17) is 4.74 Å². The minimum Gasteiger partial charge on any atom is -0.490 e. The molecule has 6 nitrogen and oxygen atoms in total. The maximum absolute atomic E-state index is 12.7. The molecule has 1 atom stereocenters. The zero-order chi connectivity index (χ0) is 19.7. The summed E-state index contributed by atoms with van der Waals surface area (Å²) in [6, 6.07) is 4.56. The number of hydrogen-bond donors (Lipinski definition) is 2. The summed E-state index contributed by atoms with van der Waals surface area (Å²) in [5.41, 5.74) is -1.20. The summed E-state index contributed by atoms with van der Waals surface area (Å²) in [4.78, 5) is 0. The second-order valence-electron chi connectivity index (χ2n) is 7.34. The van der Waals surface area contributed by atoms with Crippen LogP contribution in [0.15, 0.2) is 24.3 Å². The normalized spacial score (nSPS) is 25.6. The Balaban J connectivity index is 1.52. The number of halogens is 3. The van der Waals surface area contributed by atoms with E-state index in [-0.39, 0.29) is 11.9 Å². The third-order valence-electron chi connectivity index (χ3n) is 4.94. The number of hydrogen-bond acceptors (Lipinski definition) is 5. The zero-order valence-corrected chi connectivity index (χ0v) is 15.9. The van der Waals surface area contributed by atoms with E-state index in [2.05, 4.69) is 10.6 Å². The van der Waals surface area contributed by atoms with Crippen LogP contribution in [0.3, 0.4) is 0 Å². The Labute approximate surface area is 157 Å². The van der Waals surface area contributed by atoms with Gasteiger partial charge in [0.1, 0.15) is 11.9 Å². The van der Waals surface area contributed by atoms with Gasteiger partial charge in [0.2, 0.25) is 10.0 Å². The van der Waals surface area contributed by atoms with Gasteiger partial charge in [-0.1, -0.05) is 0 Å². The van der Waals surface area contributed by atoms with E-state index >= 15 is 0 Å². The fraction of sp³-hybridized carbons (Fsp3) is 0.647. The van der Waals surface area contributed by atoms with Crippen molar-refractivity contribution in [2.45, 2.75) is 37.6 Å². The highest BCUT2D eigenvalue weighted by Crippen LogP contribution is 2.31. The summed E-state index contributed by atoms with van der Waals surface area (Å²) in [5.74, 6) is 0.385. The van der Waals surface area contributed by atoms with Crippen molar-refractivity contribution in [3.8, 4) is 5.75 Å². The Bertz CT molecular complexity index is 739. The second kappa shape index (κ2) is 7.57. The van der Waals surface area contributed by atoms with E-state index in [9.17, 15) is 21.6 Å². The molecule has 2 aliphatic rings. The number of ether oxygens (including phenoxy) is 1. The fourth-order valence-corrected chi connectivity index (χ4v) is 5.37. The lowest BCUT2D eigenvalue weighted by Crippen LogP contribution is -2.51. The monoisotopic (exact) mass is 407 g/mol. The first-order valence-corrected chi connectivity index (χ1v) is 10.5. The number of nitrogens with one attached hydrogen (secondary N) is 2. The molecule has 0 saturated carbocycles. The largest absolute Gasteiger partial charge is 0.490 e. The van der Waals surface area contributed by atoms with Crippen molar-refractivity contribution in [1.29, 1.82) is 0 Å². The van der Waals surface area contributed by atoms with Gasteiger partial charge >= 0.3 is 6.18 Å². The van der Waals surface area contributed by atoms with Gasteiger partial charge in [-0.25, -0.2) is 12.7 Å². The van der Waals surface area contributed by atoms with Gasteiger partial charge in [-0.2, -0.15) is 13.2 Å². The smallest absolute Gasteiger partial charge is 0.416 e. The molecule has 0 aliphatic carbocycles. The molecule has 2 heterocycles. The molecule has 0 spiro atoms. The Morgan fingerprint density at radius 2 is 1.85 bits per heavy atom. The van der Waals surface area contributed by atoms with Crippen LogP contribution in [0.2, 0.25) is 0 Å². The number of rotatable bonds is 5. The Kier molecular flexibility index (Phi) is 5.72. The van der Waals surface area contributed by atoms with Gasteiger partial charge < -0.3 is 10.1 Å². The topological polar surface area (TPSA) is 70.7 Å². The first-order chi connectivity index (χ1) is 12.6. The molecule has 0 aromatic heterocycles. The highest BCUT2D eigenvalue weighted by molar-refractivity contribution is 7.89. The molecule has 0 unspecified atom stereocenters. The summed E-state index contributed by atoms with van der Waals surface area (Å²) in [5, 5.41) is 6.26. The van der Waals surface area contributed by atoms with Crippen molar-refractivity contribution in [3.05, 3.63) is 29.8 Å². The number of nitrogens with zero attached hydrogens (tertiary/aromatic N) is 1. The van der Waals surface area contributed by atoms with Crippen LogP contribution in [0.4, 0.5) is 13.2 Å². The fourth-order valence-electron chi connectivity index (χ4n) is 3.42. The SMILES string of the molecule is C[C@@]1(CS(=O)(=O)N2CCC(Oc3ccc(C(F)(F)F)cc3)CC2)CNCN1. The van der Waals surface area contributed by atoms with Gasteiger partial charge in [-0.3, -0.25) is 5.32 Å². The minimum absolute atomic E-state index is 0.0252. The van der Waals surface area contributed by atoms with E-state index < -0.39 is 27.3 Å². The van der Waals surface area contributed by atoms with Crippen LogP contribution < -0.4 is 15.4 Å². The maximum atomic E-state index is 12.7. The molecule has 10 heteroatoms. The number of alkyl halides is 3. The molecular formula is C17H24F3N3O3S. The van der Waals surface area contributed by atoms with Crippen molar-refractivity contribution in [1.82, 2.24) is 14.9 Å². The maximum Gasteiger partial charge on any atom is 0.416 e. The first kappa shape index (κ1) is 20.4. The van der Waals surface area contributed by atoms with E-state index in [1.165, 1.54) is 16.4 Å². The van der Waals surface area contributed by atoms with Crippen LogP contribution in [0.5, 0.6) is 5.75 Å². The highest BCUT2D eigenvalue weighted by atomic mass is 32.2. The van der Waals surface area contributed by atoms with E-state index in [0.29, 0.717) is 44.9 Å². The summed E-state index contributed by atoms with van der Waals surface area (Å²) in [6.45, 7) is 3.76. The van der Waals surface area contributed by atoms with Crippen LogP contribution in [0.25, 0.3) is 0 Å². The zero-order valence-electron chi connectivity index (χ0n) is 15.1. The van der Waals surface area contributed by atoms with Crippen LogP contribution in [-0.2, 0) is 16.2 Å². The van der Waals surface area contributed by atoms with E-state index in [1.807, 2.05) is 6.92 Å². The molecule has 2 saturated heterocycles. The second-order valence-corrected chi connectivity index (χ2v) is 9.30. The molecule has 1 aromatic rings. The molecule has 2 N–H and O–H groups in total. The number of benzene rings is 1. The molecule has 1 aromatic carbocycles. The van der Waals surface area contributed by atoms with Gasteiger partial charge in [0, 0.05) is 31.8 Å². The molecule has 0 bridgehead atoms. The average molecular weight is 407 g/mol. The van der Waals surface area contributed by atoms with Crippen molar-refractivity contribution in [3.63, 3.8) is 0 Å². The Hall–Kier alpha value is -1.36. The number of piperidine rings is 1. The third kappa shape index (κ3) is 5.13. The van der Waals surface area contributed by atoms with Crippen molar-refractivity contribution in [2.75, 3.05) is 32.1 Å². The lowest BCUT2D eigenvalue weighted by Gasteiger charge is -2.34. The summed E-state index contributed by atoms with van der Waals surface area (Å²) < 4.78 is 70.3. The third-order valence-corrected chi connectivity index (χ3v) is 7.09. The van der Waals surface area contributed by atoms with Crippen LogP contribution in [0.1, 0.15) is 25.3 Å². The van der Waals surface area contributed by atoms with Crippen LogP contribution in [0, 0.1) is 0 Å². The van der Waals surface area contributed by atoms with Crippen LogP contribution >= 0.6 is 0 Å². The predicted molar refractivity (Wildman–Crippen MR) is 94.9 cm³/mol. The van der Waals surface area contributed by atoms with Gasteiger partial charge in [0.15, 0.2) is 0 Å². The molecule has 0 radical (unpaired) electrons. The average Bonchev–Trinajstić information content (AvgIpc) is 3.00. The molecule has 2 aliphatic heterocycles. The van der Waals surface area contributed by atoms with Crippen molar-refractivity contribution in [2.24, 2.45) is 0 Å². The number of sulfonamides is 1. The summed E-state index contributed by atoms with van der Waals surface area (Å²) in [6.07, 6.45) is -3.58. The standard InChI is InChI=1S/C17H24F3N3O3S/c1-16(10-21-12-22-16)11-27(24,25)23-8-6-15(7-9-23)26-14-4-2-13(3-5-14)17(18,19)20/h2-5,15,21-22H,6-12H2,1H3/t16-/m0/s1. The van der Waals surface area contributed by atoms with Gasteiger partial charge in [0.05, 0.1) is 11.3 Å². The first-order valence-electron chi connectivity index (χ1n) is 8.85. The van der Waals surface area contributed by atoms with E-state index in [1.54, 1.807) is 0 Å². The lowest BCUT2D eigenvalue weighted by molar-refractivity contribution is -0.137. The highest BCUT2D eigenvalue weighted by Gasteiger charge is 2.38. The van der Waals surface area contributed by atoms with Gasteiger partial charge in [-0.05, 0) is 44.0 Å². The van der Waals surface area contributed by atoms with E-state index in [0.717, 1.165) is 12.1 Å². The summed E-state index contributed by atoms with van der Waals surface area (Å²) in [7, 11) is -3.39. The van der Waals surface area contributed by atoms with Crippen molar-refractivity contribution >= 4 is 10.0 Å². The van der Waals surface area contributed by atoms with Crippen LogP contribution in [-0.4, -0.2) is 56.4 Å². The quantitative estimate of drug-likeness (QED) is 0.779. The molecule has 0 amide bonds. The predicted octanol–water partition coefficient (Wildman–Crippen LogP) is 1.79. The minimum atomic E-state index is -4.38. The lowest BCUT2D eigenvalue weighted by atomic mass is 10.1. The van der Waals surface area contributed by atoms with Crippen molar-refractivity contribution < 1.29 is 26.3 Å². The Morgan fingerprint density at radius 3 is 2.37 bits per heavy atom. The molecule has 3 rings (SSSR count). The van der Waals surface area contributed by atoms with Gasteiger partial charge in [0.25, 0.3) is 0 Å². The Morgan fingerprint density at radius 1 is 1.22 bits per heavy atom. The molecule has 2 fully saturated rings. The molecular weight excluding hydrogens is 383 g/mol.